The average molecular weight is 487 g/mol. The van der Waals surface area contributed by atoms with Gasteiger partial charge in [-0.25, -0.2) is 0 Å². The van der Waals surface area contributed by atoms with Crippen molar-refractivity contribution in [3.8, 4) is 11.8 Å². The highest BCUT2D eigenvalue weighted by atomic mass is 19.4. The molecule has 3 unspecified atom stereocenters. The Bertz CT molecular complexity index is 1060. The Balaban J connectivity index is 1.75. The van der Waals surface area contributed by atoms with Crippen molar-refractivity contribution in [2.75, 3.05) is 18.5 Å². The SMILES string of the molecule is N#Cc1ccc(C2CC(COc3ccc(NC(=O)CO)cc3)NC2C(F)(F)F)cc1C(F)(F)F. The van der Waals surface area contributed by atoms with Crippen LogP contribution in [0.5, 0.6) is 5.75 Å². The molecule has 0 bridgehead atoms. The molecule has 12 heteroatoms. The van der Waals surface area contributed by atoms with Crippen LogP contribution in [0.25, 0.3) is 0 Å². The van der Waals surface area contributed by atoms with Crippen molar-refractivity contribution in [2.45, 2.75) is 36.8 Å². The molecule has 3 N–H and O–H groups in total. The molecule has 2 aromatic carbocycles. The maximum absolute atomic E-state index is 13.7. The zero-order valence-corrected chi connectivity index (χ0v) is 17.4. The van der Waals surface area contributed by atoms with Crippen LogP contribution in [0.4, 0.5) is 32.0 Å². The second-order valence-electron chi connectivity index (χ2n) is 7.68. The first kappa shape index (κ1) is 25.3. The van der Waals surface area contributed by atoms with Crippen molar-refractivity contribution in [3.63, 3.8) is 0 Å². The maximum Gasteiger partial charge on any atom is 0.417 e. The van der Waals surface area contributed by atoms with E-state index < -0.39 is 54.0 Å². The van der Waals surface area contributed by atoms with Crippen molar-refractivity contribution < 1.29 is 41.0 Å². The fourth-order valence-electron chi connectivity index (χ4n) is 3.80. The Kier molecular flexibility index (Phi) is 7.38. The second kappa shape index (κ2) is 9.90. The summed E-state index contributed by atoms with van der Waals surface area (Å²) in [5.41, 5.74) is -1.73. The summed E-state index contributed by atoms with van der Waals surface area (Å²) in [4.78, 5) is 11.2. The summed E-state index contributed by atoms with van der Waals surface area (Å²) in [6.07, 6.45) is -9.75. The maximum atomic E-state index is 13.7. The molecule has 0 radical (unpaired) electrons. The van der Waals surface area contributed by atoms with E-state index in [4.69, 9.17) is 15.1 Å². The minimum atomic E-state index is -4.88. The molecule has 1 amide bonds. The van der Waals surface area contributed by atoms with Gasteiger partial charge in [0, 0.05) is 17.6 Å². The van der Waals surface area contributed by atoms with Crippen LogP contribution < -0.4 is 15.4 Å². The number of nitrogens with zero attached hydrogens (tertiary/aromatic N) is 1. The third kappa shape index (κ3) is 5.98. The number of benzene rings is 2. The van der Waals surface area contributed by atoms with Crippen molar-refractivity contribution >= 4 is 11.6 Å². The number of nitriles is 1. The zero-order valence-electron chi connectivity index (χ0n) is 17.4. The Labute approximate surface area is 190 Å². The van der Waals surface area contributed by atoms with Gasteiger partial charge in [-0.15, -0.1) is 0 Å². The van der Waals surface area contributed by atoms with Crippen LogP contribution in [-0.4, -0.2) is 42.5 Å². The number of carbonyl (C=O) groups excluding carboxylic acids is 1. The van der Waals surface area contributed by atoms with E-state index in [1.165, 1.54) is 30.3 Å². The van der Waals surface area contributed by atoms with Crippen molar-refractivity contribution in [3.05, 3.63) is 59.2 Å². The normalized spacial score (nSPS) is 20.6. The lowest BCUT2D eigenvalue weighted by Crippen LogP contribution is -2.44. The number of amides is 1. The van der Waals surface area contributed by atoms with Crippen LogP contribution in [0.2, 0.25) is 0 Å². The molecule has 3 atom stereocenters. The number of alkyl halides is 6. The van der Waals surface area contributed by atoms with Gasteiger partial charge in [0.1, 0.15) is 25.0 Å². The van der Waals surface area contributed by atoms with E-state index in [2.05, 4.69) is 10.6 Å². The molecule has 0 aromatic heterocycles. The predicted octanol–water partition coefficient (Wildman–Crippen LogP) is 3.96. The first-order chi connectivity index (χ1) is 15.9. The summed E-state index contributed by atoms with van der Waals surface area (Å²) in [7, 11) is 0. The van der Waals surface area contributed by atoms with Gasteiger partial charge in [0.2, 0.25) is 5.91 Å². The fourth-order valence-corrected chi connectivity index (χ4v) is 3.80. The van der Waals surface area contributed by atoms with Crippen LogP contribution in [0.1, 0.15) is 29.0 Å². The summed E-state index contributed by atoms with van der Waals surface area (Å²) in [5, 5.41) is 22.5. The molecule has 2 aromatic rings. The van der Waals surface area contributed by atoms with Gasteiger partial charge in [0.05, 0.1) is 17.2 Å². The molecule has 1 heterocycles. The standard InChI is InChI=1S/C22H19F6N3O3/c23-21(24,25)18-7-12(1-2-13(18)9-29)17-8-15(31-20(17)22(26,27)28)11-34-16-5-3-14(4-6-16)30-19(33)10-32/h1-7,15,17,20,31-32H,8,10-11H2,(H,30,33). The Morgan fingerprint density at radius 3 is 2.38 bits per heavy atom. The molecule has 0 saturated carbocycles. The quantitative estimate of drug-likeness (QED) is 0.537. The van der Waals surface area contributed by atoms with E-state index in [1.807, 2.05) is 0 Å². The lowest BCUT2D eigenvalue weighted by molar-refractivity contribution is -0.156. The molecule has 1 aliphatic rings. The Hall–Kier alpha value is -3.30. The summed E-state index contributed by atoms with van der Waals surface area (Å²) < 4.78 is 86.4. The highest BCUT2D eigenvalue weighted by Crippen LogP contribution is 2.42. The smallest absolute Gasteiger partial charge is 0.417 e. The third-order valence-electron chi connectivity index (χ3n) is 5.34. The highest BCUT2D eigenvalue weighted by molar-refractivity contribution is 5.91. The number of aliphatic hydroxyl groups is 1. The minimum absolute atomic E-state index is 0.141. The minimum Gasteiger partial charge on any atom is -0.492 e. The van der Waals surface area contributed by atoms with Crippen LogP contribution >= 0.6 is 0 Å². The molecule has 0 aliphatic carbocycles. The van der Waals surface area contributed by atoms with Crippen LogP contribution in [0.3, 0.4) is 0 Å². The molecular formula is C22H19F6N3O3. The van der Waals surface area contributed by atoms with E-state index in [1.54, 1.807) is 0 Å². The summed E-state index contributed by atoms with van der Waals surface area (Å²) in [6, 6.07) is 7.00. The topological polar surface area (TPSA) is 94.4 Å². The summed E-state index contributed by atoms with van der Waals surface area (Å²) in [5.74, 6) is -1.63. The van der Waals surface area contributed by atoms with E-state index in [0.29, 0.717) is 17.5 Å². The van der Waals surface area contributed by atoms with Crippen molar-refractivity contribution in [2.24, 2.45) is 0 Å². The van der Waals surface area contributed by atoms with Gasteiger partial charge < -0.3 is 15.2 Å². The molecule has 6 nitrogen and oxygen atoms in total. The number of anilines is 1. The van der Waals surface area contributed by atoms with Crippen LogP contribution in [-0.2, 0) is 11.0 Å². The molecule has 1 fully saturated rings. The third-order valence-corrected chi connectivity index (χ3v) is 5.34. The van der Waals surface area contributed by atoms with Gasteiger partial charge in [-0.05, 0) is 48.4 Å². The zero-order chi connectivity index (χ0) is 25.1. The Morgan fingerprint density at radius 2 is 1.82 bits per heavy atom. The fraction of sp³-hybridized carbons (Fsp3) is 0.364. The van der Waals surface area contributed by atoms with Crippen LogP contribution in [0, 0.1) is 11.3 Å². The predicted molar refractivity (Wildman–Crippen MR) is 108 cm³/mol. The molecule has 1 aliphatic heterocycles. The monoisotopic (exact) mass is 487 g/mol. The van der Waals surface area contributed by atoms with Crippen LogP contribution in [0.15, 0.2) is 42.5 Å². The average Bonchev–Trinajstić information content (AvgIpc) is 3.22. The number of ether oxygens (including phenoxy) is 1. The van der Waals surface area contributed by atoms with Crippen molar-refractivity contribution in [1.29, 1.82) is 5.26 Å². The number of carbonyl (C=O) groups is 1. The van der Waals surface area contributed by atoms with Gasteiger partial charge in [-0.3, -0.25) is 10.1 Å². The largest absolute Gasteiger partial charge is 0.492 e. The first-order valence-corrected chi connectivity index (χ1v) is 10.00. The van der Waals surface area contributed by atoms with Gasteiger partial charge in [0.15, 0.2) is 0 Å². The number of rotatable bonds is 6. The molecule has 3 rings (SSSR count). The highest BCUT2D eigenvalue weighted by Gasteiger charge is 2.51. The summed E-state index contributed by atoms with van der Waals surface area (Å²) in [6.45, 7) is -0.884. The lowest BCUT2D eigenvalue weighted by Gasteiger charge is -2.23. The molecule has 34 heavy (non-hydrogen) atoms. The van der Waals surface area contributed by atoms with E-state index >= 15 is 0 Å². The number of hydrogen-bond acceptors (Lipinski definition) is 5. The van der Waals surface area contributed by atoms with E-state index in [0.717, 1.165) is 12.1 Å². The number of nitrogens with one attached hydrogen (secondary N) is 2. The summed E-state index contributed by atoms with van der Waals surface area (Å²) >= 11 is 0. The second-order valence-corrected chi connectivity index (χ2v) is 7.68. The van der Waals surface area contributed by atoms with Gasteiger partial charge >= 0.3 is 12.4 Å². The number of aliphatic hydroxyl groups excluding tert-OH is 1. The first-order valence-electron chi connectivity index (χ1n) is 10.00. The van der Waals surface area contributed by atoms with Gasteiger partial charge in [0.25, 0.3) is 0 Å². The van der Waals surface area contributed by atoms with E-state index in [-0.39, 0.29) is 18.6 Å². The van der Waals surface area contributed by atoms with Crippen molar-refractivity contribution in [1.82, 2.24) is 5.32 Å². The van der Waals surface area contributed by atoms with Gasteiger partial charge in [-0.2, -0.15) is 31.6 Å². The van der Waals surface area contributed by atoms with E-state index in [9.17, 15) is 31.1 Å². The Morgan fingerprint density at radius 1 is 1.15 bits per heavy atom. The number of halogens is 6. The lowest BCUT2D eigenvalue weighted by atomic mass is 9.88. The molecule has 1 saturated heterocycles. The molecule has 182 valence electrons. The molecule has 0 spiro atoms. The molecular weight excluding hydrogens is 468 g/mol. The number of hydrogen-bond donors (Lipinski definition) is 3. The van der Waals surface area contributed by atoms with Gasteiger partial charge in [-0.1, -0.05) is 6.07 Å².